The van der Waals surface area contributed by atoms with Crippen molar-refractivity contribution in [3.63, 3.8) is 0 Å². The molecule has 0 spiro atoms. The lowest BCUT2D eigenvalue weighted by molar-refractivity contribution is -0.127. The molecule has 1 rings (SSSR count). The molecule has 72 valence electrons. The van der Waals surface area contributed by atoms with E-state index in [1.54, 1.807) is 30.3 Å². The molecule has 0 aliphatic rings. The van der Waals surface area contributed by atoms with E-state index in [0.29, 0.717) is 5.56 Å². The van der Waals surface area contributed by atoms with Crippen LogP contribution in [0.1, 0.15) is 5.56 Å². The van der Waals surface area contributed by atoms with Gasteiger partial charge in [-0.15, -0.1) is 0 Å². The zero-order chi connectivity index (χ0) is 10.4. The number of carbonyl (C=O) groups excluding carboxylic acids is 1. The third-order valence-electron chi connectivity index (χ3n) is 1.23. The Balaban J connectivity index is 2.65. The van der Waals surface area contributed by atoms with Gasteiger partial charge in [-0.2, -0.15) is 0 Å². The van der Waals surface area contributed by atoms with E-state index in [4.69, 9.17) is 0 Å². The average Bonchev–Trinajstić information content (AvgIpc) is 2.15. The summed E-state index contributed by atoms with van der Waals surface area (Å²) in [7, 11) is 0. The first-order valence-electron chi connectivity index (χ1n) is 3.57. The highest BCUT2D eigenvalue weighted by Crippen LogP contribution is 1.94. The van der Waals surface area contributed by atoms with E-state index in [9.17, 15) is 13.6 Å². The maximum atomic E-state index is 10.6. The molecule has 4 nitrogen and oxygen atoms in total. The average molecular weight is 209 g/mol. The van der Waals surface area contributed by atoms with Crippen LogP contribution in [0.5, 0.6) is 0 Å². The first-order valence-corrected chi connectivity index (χ1v) is 4.57. The molecule has 0 bridgehead atoms. The third kappa shape index (κ3) is 3.85. The lowest BCUT2D eigenvalue weighted by atomic mass is 10.2. The maximum absolute atomic E-state index is 10.6. The predicted molar refractivity (Wildman–Crippen MR) is 48.3 cm³/mol. The van der Waals surface area contributed by atoms with Gasteiger partial charge in [-0.05, 0) is 12.1 Å². The van der Waals surface area contributed by atoms with E-state index < -0.39 is 17.3 Å². The van der Waals surface area contributed by atoms with E-state index >= 15 is 0 Å². The molecule has 0 aromatic heterocycles. The van der Waals surface area contributed by atoms with Crippen molar-refractivity contribution >= 4 is 17.3 Å². The molecule has 5 heteroatoms. The van der Waals surface area contributed by atoms with Gasteiger partial charge in [0, 0.05) is 11.5 Å². The number of hydrogen-bond donors (Lipinski definition) is 0. The summed E-state index contributed by atoms with van der Waals surface area (Å²) in [6.07, 6.45) is 0. The highest BCUT2D eigenvalue weighted by Gasteiger charge is 1.95. The minimum Gasteiger partial charge on any atom is -0.740 e. The van der Waals surface area contributed by atoms with E-state index in [1.807, 2.05) is 5.92 Å². The molecular formula is C9H5O4S-. The minimum atomic E-state index is -2.86. The quantitative estimate of drug-likeness (QED) is 0.495. The second-order valence-electron chi connectivity index (χ2n) is 2.19. The Kier molecular flexibility index (Phi) is 3.85. The zero-order valence-electron chi connectivity index (χ0n) is 6.93. The largest absolute Gasteiger partial charge is 0.740 e. The summed E-state index contributed by atoms with van der Waals surface area (Å²) in [4.78, 5) is 10.6. The normalized spacial score (nSPS) is 10.9. The fourth-order valence-corrected chi connectivity index (χ4v) is 0.893. The lowest BCUT2D eigenvalue weighted by Crippen LogP contribution is -2.03. The van der Waals surface area contributed by atoms with Gasteiger partial charge in [0.25, 0.3) is 0 Å². The van der Waals surface area contributed by atoms with Crippen LogP contribution in [0, 0.1) is 11.8 Å². The summed E-state index contributed by atoms with van der Waals surface area (Å²) < 4.78 is 23.6. The Morgan fingerprint density at radius 1 is 1.36 bits per heavy atom. The van der Waals surface area contributed by atoms with Crippen LogP contribution in [0.4, 0.5) is 0 Å². The molecule has 0 aliphatic carbocycles. The minimum absolute atomic E-state index is 0.612. The molecule has 0 amide bonds. The first kappa shape index (κ1) is 10.4. The van der Waals surface area contributed by atoms with Crippen LogP contribution in [0.2, 0.25) is 0 Å². The Labute approximate surface area is 83.4 Å². The summed E-state index contributed by atoms with van der Waals surface area (Å²) in [6.45, 7) is 0. The topological polar surface area (TPSA) is 66.4 Å². The molecule has 14 heavy (non-hydrogen) atoms. The van der Waals surface area contributed by atoms with Crippen LogP contribution in [0.25, 0.3) is 0 Å². The summed E-state index contributed by atoms with van der Waals surface area (Å²) in [6, 6.07) is 8.68. The summed E-state index contributed by atoms with van der Waals surface area (Å²) >= 11 is -2.86. The molecule has 1 aromatic rings. The van der Waals surface area contributed by atoms with Gasteiger partial charge in [0.1, 0.15) is 11.4 Å². The van der Waals surface area contributed by atoms with E-state index in [2.05, 4.69) is 10.1 Å². The monoisotopic (exact) mass is 209 g/mol. The molecule has 0 heterocycles. The van der Waals surface area contributed by atoms with Crippen molar-refractivity contribution in [1.82, 2.24) is 0 Å². The molecule has 0 aliphatic heterocycles. The molecular weight excluding hydrogens is 204 g/mol. The van der Waals surface area contributed by atoms with Crippen molar-refractivity contribution in [2.75, 3.05) is 0 Å². The molecule has 1 unspecified atom stereocenters. The van der Waals surface area contributed by atoms with Gasteiger partial charge in [0.2, 0.25) is 0 Å². The van der Waals surface area contributed by atoms with E-state index in [-0.39, 0.29) is 0 Å². The Morgan fingerprint density at radius 2 is 2.00 bits per heavy atom. The van der Waals surface area contributed by atoms with Crippen LogP contribution in [-0.2, 0) is 20.3 Å². The van der Waals surface area contributed by atoms with Gasteiger partial charge >= 0.3 is 5.97 Å². The number of rotatable bonds is 1. The Bertz CT molecular complexity index is 402. The second-order valence-corrected chi connectivity index (χ2v) is 2.77. The van der Waals surface area contributed by atoms with Crippen LogP contribution in [0.15, 0.2) is 30.3 Å². The van der Waals surface area contributed by atoms with Crippen molar-refractivity contribution < 1.29 is 17.7 Å². The van der Waals surface area contributed by atoms with Crippen LogP contribution < -0.4 is 0 Å². The van der Waals surface area contributed by atoms with Crippen LogP contribution in [0.3, 0.4) is 0 Å². The fourth-order valence-electron chi connectivity index (χ4n) is 0.727. The lowest BCUT2D eigenvalue weighted by Gasteiger charge is -1.99. The molecule has 0 radical (unpaired) electrons. The van der Waals surface area contributed by atoms with Crippen LogP contribution >= 0.6 is 0 Å². The van der Waals surface area contributed by atoms with Gasteiger partial charge < -0.3 is 8.74 Å². The van der Waals surface area contributed by atoms with Crippen LogP contribution in [-0.4, -0.2) is 14.7 Å². The van der Waals surface area contributed by atoms with Gasteiger partial charge in [0.05, 0.1) is 0 Å². The Hall–Kier alpha value is -1.64. The SMILES string of the molecule is O=C(C#Cc1ccccc1)OS(=O)[O-]. The van der Waals surface area contributed by atoms with Crippen molar-refractivity contribution in [3.8, 4) is 11.8 Å². The number of hydrogen-bond acceptors (Lipinski definition) is 4. The number of carbonyl (C=O) groups is 1. The smallest absolute Gasteiger partial charge is 0.397 e. The standard InChI is InChI=1S/C9H6O4S/c10-9(13-14(11)12)7-6-8-4-2-1-3-5-8/h1-5H,(H,11,12)/p-1. The summed E-state index contributed by atoms with van der Waals surface area (Å²) in [5, 5.41) is 0. The van der Waals surface area contributed by atoms with E-state index in [1.165, 1.54) is 0 Å². The molecule has 0 saturated carbocycles. The molecule has 0 N–H and O–H groups in total. The van der Waals surface area contributed by atoms with Gasteiger partial charge in [-0.3, -0.25) is 0 Å². The van der Waals surface area contributed by atoms with Crippen molar-refractivity contribution in [2.24, 2.45) is 0 Å². The molecule has 0 saturated heterocycles. The second kappa shape index (κ2) is 5.17. The number of benzene rings is 1. The summed E-state index contributed by atoms with van der Waals surface area (Å²) in [5.41, 5.74) is 0.612. The first-order chi connectivity index (χ1) is 6.68. The van der Waals surface area contributed by atoms with Crippen molar-refractivity contribution in [1.29, 1.82) is 0 Å². The van der Waals surface area contributed by atoms with Gasteiger partial charge in [0.15, 0.2) is 0 Å². The van der Waals surface area contributed by atoms with Gasteiger partial charge in [-0.25, -0.2) is 9.00 Å². The Morgan fingerprint density at radius 3 is 2.57 bits per heavy atom. The highest BCUT2D eigenvalue weighted by atomic mass is 32.2. The zero-order valence-corrected chi connectivity index (χ0v) is 7.74. The maximum Gasteiger partial charge on any atom is 0.397 e. The fraction of sp³-hybridized carbons (Fsp3) is 0. The molecule has 1 atom stereocenters. The highest BCUT2D eigenvalue weighted by molar-refractivity contribution is 7.74. The third-order valence-corrected chi connectivity index (χ3v) is 1.51. The van der Waals surface area contributed by atoms with Crippen molar-refractivity contribution in [3.05, 3.63) is 35.9 Å². The molecule has 0 fully saturated rings. The van der Waals surface area contributed by atoms with Gasteiger partial charge in [-0.1, -0.05) is 24.1 Å². The summed E-state index contributed by atoms with van der Waals surface area (Å²) in [5.74, 6) is 3.38. The van der Waals surface area contributed by atoms with Crippen molar-refractivity contribution in [2.45, 2.75) is 0 Å². The van der Waals surface area contributed by atoms with E-state index in [0.717, 1.165) is 0 Å². The predicted octanol–water partition coefficient (Wildman–Crippen LogP) is 0.375. The molecule has 1 aromatic carbocycles.